The second kappa shape index (κ2) is 41.0. The van der Waals surface area contributed by atoms with Crippen molar-refractivity contribution in [1.29, 1.82) is 0 Å². The monoisotopic (exact) mass is 738 g/mol. The van der Waals surface area contributed by atoms with Gasteiger partial charge in [0.05, 0.1) is 12.7 Å². The van der Waals surface area contributed by atoms with Crippen molar-refractivity contribution < 1.29 is 24.2 Å². The molecule has 0 aromatic heterocycles. The third-order valence-electron chi connectivity index (χ3n) is 10.7. The smallest absolute Gasteiger partial charge is 0.306 e. The quantitative estimate of drug-likeness (QED) is 0.0496. The molecule has 0 fully saturated rings. The van der Waals surface area contributed by atoms with E-state index in [9.17, 15) is 14.7 Å². The second-order valence-corrected chi connectivity index (χ2v) is 16.0. The van der Waals surface area contributed by atoms with Gasteiger partial charge in [-0.1, -0.05) is 169 Å². The molecule has 0 rings (SSSR count). The maximum Gasteiger partial charge on any atom is 0.306 e. The average Bonchev–Trinajstić information content (AvgIpc) is 3.14. The van der Waals surface area contributed by atoms with Crippen LogP contribution in [-0.4, -0.2) is 60.4 Å². The molecule has 0 aromatic carbocycles. The van der Waals surface area contributed by atoms with E-state index in [4.69, 9.17) is 9.47 Å². The van der Waals surface area contributed by atoms with Crippen molar-refractivity contribution in [3.63, 3.8) is 0 Å². The Bertz CT molecular complexity index is 730. The lowest BCUT2D eigenvalue weighted by Gasteiger charge is -2.24. The Morgan fingerprint density at radius 1 is 0.481 bits per heavy atom. The van der Waals surface area contributed by atoms with Gasteiger partial charge in [-0.15, -0.1) is 0 Å². The number of aliphatic hydroxyl groups excluding tert-OH is 1. The summed E-state index contributed by atoms with van der Waals surface area (Å²) >= 11 is 0. The molecule has 0 aliphatic heterocycles. The molecule has 1 unspecified atom stereocenters. The van der Waals surface area contributed by atoms with E-state index in [2.05, 4.69) is 32.6 Å². The summed E-state index contributed by atoms with van der Waals surface area (Å²) in [5.74, 6) is -0.0164. The van der Waals surface area contributed by atoms with Crippen LogP contribution in [0.4, 0.5) is 0 Å². The van der Waals surface area contributed by atoms with Crippen molar-refractivity contribution in [2.75, 3.05) is 26.2 Å². The van der Waals surface area contributed by atoms with Gasteiger partial charge < -0.3 is 19.5 Å². The maximum atomic E-state index is 12.7. The number of nitrogens with zero attached hydrogens (tertiary/aromatic N) is 1. The number of unbranched alkanes of at least 4 members (excludes halogenated alkanes) is 24. The molecule has 0 radical (unpaired) electrons. The molecule has 0 heterocycles. The molecule has 6 heteroatoms. The maximum absolute atomic E-state index is 12.7. The zero-order chi connectivity index (χ0) is 38.2. The molecule has 0 aliphatic carbocycles. The van der Waals surface area contributed by atoms with Gasteiger partial charge in [-0.3, -0.25) is 9.59 Å². The van der Waals surface area contributed by atoms with Crippen LogP contribution in [0.2, 0.25) is 0 Å². The highest BCUT2D eigenvalue weighted by Crippen LogP contribution is 2.19. The average molecular weight is 738 g/mol. The number of carbonyl (C=O) groups is 2. The minimum Gasteiger partial charge on any atom is -0.466 e. The Hall–Kier alpha value is -1.14. The molecular weight excluding hydrogens is 647 g/mol. The molecule has 1 atom stereocenters. The second-order valence-electron chi connectivity index (χ2n) is 16.0. The first-order valence-electron chi connectivity index (χ1n) is 23.2. The van der Waals surface area contributed by atoms with E-state index in [-0.39, 0.29) is 24.1 Å². The van der Waals surface area contributed by atoms with Crippen LogP contribution in [0.3, 0.4) is 0 Å². The summed E-state index contributed by atoms with van der Waals surface area (Å²) < 4.78 is 11.5. The van der Waals surface area contributed by atoms with E-state index in [1.165, 1.54) is 128 Å². The number of ether oxygens (including phenoxy) is 2. The Morgan fingerprint density at radius 3 is 1.33 bits per heavy atom. The van der Waals surface area contributed by atoms with Gasteiger partial charge in [0.2, 0.25) is 0 Å². The molecule has 0 saturated heterocycles. The van der Waals surface area contributed by atoms with Crippen molar-refractivity contribution in [3.05, 3.63) is 0 Å². The molecule has 0 saturated carbocycles. The molecule has 0 aromatic rings. The van der Waals surface area contributed by atoms with Crippen LogP contribution in [0.1, 0.15) is 246 Å². The summed E-state index contributed by atoms with van der Waals surface area (Å²) in [5, 5.41) is 10.3. The van der Waals surface area contributed by atoms with Crippen LogP contribution in [0.25, 0.3) is 0 Å². The molecule has 52 heavy (non-hydrogen) atoms. The first-order chi connectivity index (χ1) is 25.5. The van der Waals surface area contributed by atoms with Crippen LogP contribution in [0, 0.1) is 0 Å². The lowest BCUT2D eigenvalue weighted by molar-refractivity contribution is -0.150. The summed E-state index contributed by atoms with van der Waals surface area (Å²) in [6, 6.07) is 0. The van der Waals surface area contributed by atoms with E-state index in [1.54, 1.807) is 0 Å². The fraction of sp³-hybridized carbons (Fsp3) is 0.957. The van der Waals surface area contributed by atoms with Gasteiger partial charge in [-0.25, -0.2) is 0 Å². The van der Waals surface area contributed by atoms with Crippen LogP contribution >= 0.6 is 0 Å². The summed E-state index contributed by atoms with van der Waals surface area (Å²) in [6.45, 7) is 12.2. The van der Waals surface area contributed by atoms with Crippen molar-refractivity contribution in [2.45, 2.75) is 258 Å². The van der Waals surface area contributed by atoms with E-state index < -0.39 is 0 Å². The lowest BCUT2D eigenvalue weighted by Crippen LogP contribution is -2.33. The molecule has 6 nitrogen and oxygen atoms in total. The molecule has 310 valence electrons. The Labute approximate surface area is 324 Å². The SMILES string of the molecule is CCCCCCCCCOC(=O)CCCCCCCN(CCCCCCCC(=O)OC(CCCCCCCC)CCCCCCCC)CC(O)CC. The Morgan fingerprint density at radius 2 is 0.865 bits per heavy atom. The highest BCUT2D eigenvalue weighted by atomic mass is 16.5. The number of esters is 2. The van der Waals surface area contributed by atoms with E-state index >= 15 is 0 Å². The van der Waals surface area contributed by atoms with Crippen LogP contribution in [-0.2, 0) is 19.1 Å². The minimum atomic E-state index is -0.260. The van der Waals surface area contributed by atoms with Crippen molar-refractivity contribution >= 4 is 11.9 Å². The molecule has 0 amide bonds. The number of rotatable bonds is 42. The molecular formula is C46H91NO5. The zero-order valence-electron chi connectivity index (χ0n) is 35.6. The fourth-order valence-corrected chi connectivity index (χ4v) is 7.12. The summed E-state index contributed by atoms with van der Waals surface area (Å²) in [5.41, 5.74) is 0. The van der Waals surface area contributed by atoms with Crippen LogP contribution in [0.5, 0.6) is 0 Å². The van der Waals surface area contributed by atoms with E-state index in [0.29, 0.717) is 19.4 Å². The van der Waals surface area contributed by atoms with E-state index in [0.717, 1.165) is 96.7 Å². The Kier molecular flexibility index (Phi) is 40.1. The predicted octanol–water partition coefficient (Wildman–Crippen LogP) is 13.4. The molecule has 0 spiro atoms. The van der Waals surface area contributed by atoms with Gasteiger partial charge >= 0.3 is 11.9 Å². The van der Waals surface area contributed by atoms with Gasteiger partial charge in [0, 0.05) is 19.4 Å². The number of aliphatic hydroxyl groups is 1. The number of hydrogen-bond acceptors (Lipinski definition) is 6. The van der Waals surface area contributed by atoms with Gasteiger partial charge in [0.15, 0.2) is 0 Å². The van der Waals surface area contributed by atoms with Crippen molar-refractivity contribution in [2.24, 2.45) is 0 Å². The standard InChI is InChI=1S/C46H91NO5/c1-5-9-12-15-18-27-34-41-51-45(49)37-30-23-19-25-32-39-47(42-43(48)8-4)40-33-26-20-24-31-38-46(50)52-44(35-28-21-16-13-10-6-2)36-29-22-17-14-11-7-3/h43-44,48H,5-42H2,1-4H3. The van der Waals surface area contributed by atoms with Crippen LogP contribution < -0.4 is 0 Å². The molecule has 0 aliphatic rings. The van der Waals surface area contributed by atoms with Gasteiger partial charge in [-0.2, -0.15) is 0 Å². The third-order valence-corrected chi connectivity index (χ3v) is 10.7. The van der Waals surface area contributed by atoms with Gasteiger partial charge in [0.1, 0.15) is 6.10 Å². The van der Waals surface area contributed by atoms with Crippen molar-refractivity contribution in [3.8, 4) is 0 Å². The Balaban J connectivity index is 4.12. The van der Waals surface area contributed by atoms with E-state index in [1.807, 2.05) is 0 Å². The van der Waals surface area contributed by atoms with Crippen molar-refractivity contribution in [1.82, 2.24) is 4.90 Å². The van der Waals surface area contributed by atoms with Gasteiger partial charge in [-0.05, 0) is 77.3 Å². The zero-order valence-corrected chi connectivity index (χ0v) is 35.6. The summed E-state index contributed by atoms with van der Waals surface area (Å²) in [7, 11) is 0. The topological polar surface area (TPSA) is 76.1 Å². The minimum absolute atomic E-state index is 0.0143. The molecule has 1 N–H and O–H groups in total. The molecule has 0 bridgehead atoms. The highest BCUT2D eigenvalue weighted by molar-refractivity contribution is 5.69. The normalized spacial score (nSPS) is 12.2. The summed E-state index contributed by atoms with van der Waals surface area (Å²) in [6.07, 6.45) is 38.8. The third kappa shape index (κ3) is 37.2. The first-order valence-corrected chi connectivity index (χ1v) is 23.2. The van der Waals surface area contributed by atoms with Gasteiger partial charge in [0.25, 0.3) is 0 Å². The first kappa shape index (κ1) is 50.9. The van der Waals surface area contributed by atoms with Crippen LogP contribution in [0.15, 0.2) is 0 Å². The largest absolute Gasteiger partial charge is 0.466 e. The number of hydrogen-bond donors (Lipinski definition) is 1. The highest BCUT2D eigenvalue weighted by Gasteiger charge is 2.15. The summed E-state index contributed by atoms with van der Waals surface area (Å²) in [4.78, 5) is 27.2. The number of carbonyl (C=O) groups excluding carboxylic acids is 2. The predicted molar refractivity (Wildman–Crippen MR) is 223 cm³/mol. The lowest BCUT2D eigenvalue weighted by atomic mass is 10.0. The fourth-order valence-electron chi connectivity index (χ4n) is 7.12.